The number of nitrogens with one attached hydrogen (secondary N) is 1. The number of ether oxygens (including phenoxy) is 1. The number of anilines is 1. The fraction of sp³-hybridized carbons (Fsp3) is 0.385. The molecule has 116 valence electrons. The summed E-state index contributed by atoms with van der Waals surface area (Å²) >= 11 is 0. The lowest BCUT2D eigenvalue weighted by Crippen LogP contribution is -2.39. The number of amides is 1. The van der Waals surface area contributed by atoms with Gasteiger partial charge in [-0.2, -0.15) is 8.42 Å². The smallest absolute Gasteiger partial charge is 0.296 e. The van der Waals surface area contributed by atoms with Crippen molar-refractivity contribution in [1.82, 2.24) is 0 Å². The Labute approximate surface area is 123 Å². The van der Waals surface area contributed by atoms with Crippen LogP contribution in [0.25, 0.3) is 0 Å². The van der Waals surface area contributed by atoms with E-state index in [1.165, 1.54) is 39.2 Å². The summed E-state index contributed by atoms with van der Waals surface area (Å²) in [6.07, 6.45) is -0.279. The van der Waals surface area contributed by atoms with Crippen molar-refractivity contribution in [2.45, 2.75) is 30.8 Å². The number of methoxy groups -OCH3 is 1. The molecule has 0 bridgehead atoms. The molecule has 1 aromatic carbocycles. The van der Waals surface area contributed by atoms with Crippen LogP contribution in [0, 0.1) is 0 Å². The fourth-order valence-corrected chi connectivity index (χ4v) is 2.28. The molecular weight excluding hydrogens is 298 g/mol. The lowest BCUT2D eigenvalue weighted by Gasteiger charge is -2.24. The van der Waals surface area contributed by atoms with Crippen LogP contribution >= 0.6 is 0 Å². The third-order valence-electron chi connectivity index (χ3n) is 3.13. The Hall–Kier alpha value is -1.77. The van der Waals surface area contributed by atoms with Crippen molar-refractivity contribution in [2.75, 3.05) is 12.4 Å². The van der Waals surface area contributed by atoms with Crippen LogP contribution in [0.5, 0.6) is 0 Å². The molecule has 1 atom stereocenters. The van der Waals surface area contributed by atoms with Gasteiger partial charge in [0, 0.05) is 7.11 Å². The monoisotopic (exact) mass is 315 g/mol. The fourth-order valence-electron chi connectivity index (χ4n) is 1.64. The summed E-state index contributed by atoms with van der Waals surface area (Å²) in [5.41, 5.74) is -1.36. The summed E-state index contributed by atoms with van der Waals surface area (Å²) in [5, 5.41) is 2.35. The Balaban J connectivity index is 2.98. The highest BCUT2D eigenvalue weighted by Crippen LogP contribution is 2.22. The van der Waals surface area contributed by atoms with Gasteiger partial charge in [-0.1, -0.05) is 12.1 Å². The summed E-state index contributed by atoms with van der Waals surface area (Å²) < 4.78 is 36.5. The molecule has 0 spiro atoms. The Bertz CT molecular complexity index is 654. The summed E-state index contributed by atoms with van der Waals surface area (Å²) in [7, 11) is -3.15. The van der Waals surface area contributed by atoms with Crippen LogP contribution in [-0.2, 0) is 24.4 Å². The first-order valence-corrected chi connectivity index (χ1v) is 7.47. The van der Waals surface area contributed by atoms with Gasteiger partial charge in [0.1, 0.15) is 10.5 Å². The number of carbonyl (C=O) groups is 2. The third-order valence-corrected chi connectivity index (χ3v) is 4.04. The average molecular weight is 315 g/mol. The zero-order chi connectivity index (χ0) is 16.3. The lowest BCUT2D eigenvalue weighted by molar-refractivity contribution is -0.141. The van der Waals surface area contributed by atoms with Crippen LogP contribution in [-0.4, -0.2) is 37.4 Å². The number of hydrogen-bond acceptors (Lipinski definition) is 5. The second kappa shape index (κ2) is 6.33. The highest BCUT2D eigenvalue weighted by molar-refractivity contribution is 7.86. The normalized spacial score (nSPS) is 14.3. The predicted molar refractivity (Wildman–Crippen MR) is 75.6 cm³/mol. The largest absolute Gasteiger partial charge is 0.370 e. The van der Waals surface area contributed by atoms with Crippen LogP contribution in [0.1, 0.15) is 20.3 Å². The second-order valence-electron chi connectivity index (χ2n) is 4.69. The van der Waals surface area contributed by atoms with Gasteiger partial charge in [0.15, 0.2) is 5.78 Å². The number of carbonyl (C=O) groups excluding carboxylic acids is 2. The number of rotatable bonds is 6. The Morgan fingerprint density at radius 2 is 1.90 bits per heavy atom. The van der Waals surface area contributed by atoms with E-state index in [0.717, 1.165) is 6.07 Å². The molecule has 0 aromatic heterocycles. The van der Waals surface area contributed by atoms with Crippen LogP contribution in [0.3, 0.4) is 0 Å². The number of para-hydroxylation sites is 1. The molecular formula is C13H17NO6S. The van der Waals surface area contributed by atoms with Crippen molar-refractivity contribution >= 4 is 27.5 Å². The average Bonchev–Trinajstić information content (AvgIpc) is 2.37. The van der Waals surface area contributed by atoms with Gasteiger partial charge in [-0.15, -0.1) is 0 Å². The maximum atomic E-state index is 12.0. The van der Waals surface area contributed by atoms with Gasteiger partial charge >= 0.3 is 0 Å². The molecule has 7 nitrogen and oxygen atoms in total. The summed E-state index contributed by atoms with van der Waals surface area (Å²) in [4.78, 5) is 23.0. The van der Waals surface area contributed by atoms with E-state index in [2.05, 4.69) is 5.32 Å². The molecule has 0 radical (unpaired) electrons. The van der Waals surface area contributed by atoms with Gasteiger partial charge in [-0.3, -0.25) is 14.1 Å². The van der Waals surface area contributed by atoms with E-state index in [9.17, 15) is 18.0 Å². The van der Waals surface area contributed by atoms with E-state index in [-0.39, 0.29) is 17.9 Å². The molecule has 8 heteroatoms. The van der Waals surface area contributed by atoms with Gasteiger partial charge in [-0.25, -0.2) is 0 Å². The van der Waals surface area contributed by atoms with Gasteiger partial charge in [0.25, 0.3) is 10.1 Å². The Morgan fingerprint density at radius 1 is 1.33 bits per heavy atom. The van der Waals surface area contributed by atoms with E-state index < -0.39 is 26.5 Å². The van der Waals surface area contributed by atoms with Crippen molar-refractivity contribution in [3.8, 4) is 0 Å². The molecule has 0 saturated carbocycles. The van der Waals surface area contributed by atoms with Crippen molar-refractivity contribution in [3.63, 3.8) is 0 Å². The van der Waals surface area contributed by atoms with Crippen LogP contribution in [0.15, 0.2) is 29.2 Å². The second-order valence-corrected chi connectivity index (χ2v) is 6.08. The predicted octanol–water partition coefficient (Wildman–Crippen LogP) is 1.26. The zero-order valence-electron chi connectivity index (χ0n) is 11.9. The van der Waals surface area contributed by atoms with E-state index >= 15 is 0 Å². The number of hydrogen-bond donors (Lipinski definition) is 2. The molecule has 0 saturated heterocycles. The van der Waals surface area contributed by atoms with Gasteiger partial charge < -0.3 is 10.1 Å². The molecule has 0 heterocycles. The molecule has 1 amide bonds. The third kappa shape index (κ3) is 4.35. The standard InChI is InChI=1S/C13H17NO6S/c1-9(15)13(2,20-3)8-12(16)14-10-6-4-5-7-11(10)21(17,18)19/h4-7H,8H2,1-3H3,(H,14,16)(H,17,18,19). The van der Waals surface area contributed by atoms with E-state index in [1.807, 2.05) is 0 Å². The van der Waals surface area contributed by atoms with E-state index in [0.29, 0.717) is 0 Å². The van der Waals surface area contributed by atoms with Crippen molar-refractivity contribution in [2.24, 2.45) is 0 Å². The van der Waals surface area contributed by atoms with Gasteiger partial charge in [-0.05, 0) is 26.0 Å². The lowest BCUT2D eigenvalue weighted by atomic mass is 9.97. The molecule has 0 fully saturated rings. The maximum Gasteiger partial charge on any atom is 0.296 e. The molecule has 1 aromatic rings. The van der Waals surface area contributed by atoms with Crippen molar-refractivity contribution < 1.29 is 27.3 Å². The van der Waals surface area contributed by atoms with E-state index in [1.54, 1.807) is 0 Å². The highest BCUT2D eigenvalue weighted by Gasteiger charge is 2.32. The number of ketones is 1. The summed E-state index contributed by atoms with van der Waals surface area (Å²) in [5.74, 6) is -0.936. The first kappa shape index (κ1) is 17.3. The minimum atomic E-state index is -4.46. The zero-order valence-corrected chi connectivity index (χ0v) is 12.7. The van der Waals surface area contributed by atoms with Crippen molar-refractivity contribution in [3.05, 3.63) is 24.3 Å². The molecule has 1 rings (SSSR count). The van der Waals surface area contributed by atoms with Crippen molar-refractivity contribution in [1.29, 1.82) is 0 Å². The SMILES string of the molecule is COC(C)(CC(=O)Nc1ccccc1S(=O)(=O)O)C(C)=O. The maximum absolute atomic E-state index is 12.0. The van der Waals surface area contributed by atoms with Gasteiger partial charge in [0.05, 0.1) is 12.1 Å². The topological polar surface area (TPSA) is 110 Å². The summed E-state index contributed by atoms with van der Waals surface area (Å²) in [6.45, 7) is 2.76. The Morgan fingerprint density at radius 3 is 2.38 bits per heavy atom. The van der Waals surface area contributed by atoms with Crippen LogP contribution < -0.4 is 5.32 Å². The molecule has 0 aliphatic heterocycles. The molecule has 0 aliphatic carbocycles. The minimum absolute atomic E-state index is 0.0630. The first-order valence-electron chi connectivity index (χ1n) is 6.03. The minimum Gasteiger partial charge on any atom is -0.370 e. The summed E-state index contributed by atoms with van der Waals surface area (Å²) in [6, 6.07) is 5.41. The Kier molecular flexibility index (Phi) is 5.21. The van der Waals surface area contributed by atoms with E-state index in [4.69, 9.17) is 9.29 Å². The van der Waals surface area contributed by atoms with Crippen LogP contribution in [0.4, 0.5) is 5.69 Å². The molecule has 2 N–H and O–H groups in total. The highest BCUT2D eigenvalue weighted by atomic mass is 32.2. The molecule has 0 aliphatic rings. The molecule has 21 heavy (non-hydrogen) atoms. The quantitative estimate of drug-likeness (QED) is 0.765. The molecule has 1 unspecified atom stereocenters. The first-order chi connectivity index (χ1) is 9.60. The number of Topliss-reactive ketones (excluding diaryl/α,β-unsaturated/α-hetero) is 1. The van der Waals surface area contributed by atoms with Crippen LogP contribution in [0.2, 0.25) is 0 Å². The number of benzene rings is 1. The van der Waals surface area contributed by atoms with Gasteiger partial charge in [0.2, 0.25) is 5.91 Å².